The second kappa shape index (κ2) is 2.53. The van der Waals surface area contributed by atoms with Gasteiger partial charge in [-0.2, -0.15) is 11.8 Å². The Kier molecular flexibility index (Phi) is 2.10. The third kappa shape index (κ3) is 1.26. The van der Waals surface area contributed by atoms with Crippen LogP contribution in [0.25, 0.3) is 0 Å². The monoisotopic (exact) mass is 144 g/mol. The average molecular weight is 144 g/mol. The lowest BCUT2D eigenvalue weighted by molar-refractivity contribution is 0.413. The highest BCUT2D eigenvalue weighted by molar-refractivity contribution is 8.00. The molecular weight excluding hydrogens is 128 g/mol. The Morgan fingerprint density at radius 2 is 1.11 bits per heavy atom. The largest absolute Gasteiger partial charge is 0.155 e. The molecule has 0 aliphatic carbocycles. The second-order valence-electron chi connectivity index (χ2n) is 3.26. The van der Waals surface area contributed by atoms with Crippen LogP contribution in [0.3, 0.4) is 0 Å². The first kappa shape index (κ1) is 7.46. The van der Waals surface area contributed by atoms with Crippen molar-refractivity contribution in [2.75, 3.05) is 0 Å². The number of thioether (sulfide) groups is 1. The first-order valence-corrected chi connectivity index (χ1v) is 4.72. The zero-order chi connectivity index (χ0) is 7.02. The van der Waals surface area contributed by atoms with Gasteiger partial charge in [0.2, 0.25) is 0 Å². The van der Waals surface area contributed by atoms with Crippen LogP contribution in [0.15, 0.2) is 0 Å². The van der Waals surface area contributed by atoms with E-state index < -0.39 is 0 Å². The zero-order valence-electron chi connectivity index (χ0n) is 6.72. The van der Waals surface area contributed by atoms with E-state index in [0.717, 1.165) is 22.3 Å². The van der Waals surface area contributed by atoms with Crippen LogP contribution in [0.2, 0.25) is 0 Å². The van der Waals surface area contributed by atoms with Gasteiger partial charge in [0.1, 0.15) is 0 Å². The van der Waals surface area contributed by atoms with Gasteiger partial charge >= 0.3 is 0 Å². The minimum Gasteiger partial charge on any atom is -0.155 e. The van der Waals surface area contributed by atoms with Crippen LogP contribution >= 0.6 is 11.8 Å². The summed E-state index contributed by atoms with van der Waals surface area (Å²) in [5, 5.41) is 1.77. The molecule has 4 atom stereocenters. The van der Waals surface area contributed by atoms with Crippen LogP contribution in [-0.4, -0.2) is 10.5 Å². The molecule has 0 saturated carbocycles. The molecule has 1 saturated heterocycles. The maximum absolute atomic E-state index is 2.37. The molecule has 1 heterocycles. The van der Waals surface area contributed by atoms with Gasteiger partial charge in [0, 0.05) is 10.5 Å². The Morgan fingerprint density at radius 3 is 1.22 bits per heavy atom. The molecule has 0 aromatic heterocycles. The first-order chi connectivity index (χ1) is 4.13. The average Bonchev–Trinajstić information content (AvgIpc) is 1.98. The summed E-state index contributed by atoms with van der Waals surface area (Å²) in [5.41, 5.74) is 0. The van der Waals surface area contributed by atoms with Crippen LogP contribution in [0.5, 0.6) is 0 Å². The Morgan fingerprint density at radius 1 is 0.778 bits per heavy atom. The van der Waals surface area contributed by atoms with E-state index in [4.69, 9.17) is 0 Å². The molecule has 1 heteroatoms. The number of hydrogen-bond acceptors (Lipinski definition) is 1. The van der Waals surface area contributed by atoms with Gasteiger partial charge < -0.3 is 0 Å². The Labute approximate surface area is 62.4 Å². The van der Waals surface area contributed by atoms with E-state index in [1.807, 2.05) is 0 Å². The third-order valence-corrected chi connectivity index (χ3v) is 4.46. The van der Waals surface area contributed by atoms with E-state index in [-0.39, 0.29) is 0 Å². The predicted molar refractivity (Wildman–Crippen MR) is 44.8 cm³/mol. The molecule has 9 heavy (non-hydrogen) atoms. The number of rotatable bonds is 0. The van der Waals surface area contributed by atoms with Crippen molar-refractivity contribution < 1.29 is 0 Å². The van der Waals surface area contributed by atoms with Crippen molar-refractivity contribution in [3.8, 4) is 0 Å². The summed E-state index contributed by atoms with van der Waals surface area (Å²) in [5.74, 6) is 1.84. The Hall–Kier alpha value is 0.350. The summed E-state index contributed by atoms with van der Waals surface area (Å²) in [6, 6.07) is 0. The fraction of sp³-hybridized carbons (Fsp3) is 1.00. The fourth-order valence-corrected chi connectivity index (χ4v) is 3.11. The Balaban J connectivity index is 2.54. The molecule has 54 valence electrons. The molecule has 0 aromatic carbocycles. The van der Waals surface area contributed by atoms with Crippen molar-refractivity contribution in [1.29, 1.82) is 0 Å². The molecule has 4 unspecified atom stereocenters. The fourth-order valence-electron chi connectivity index (χ4n) is 1.44. The molecule has 0 bridgehead atoms. The van der Waals surface area contributed by atoms with Crippen LogP contribution in [-0.2, 0) is 0 Å². The van der Waals surface area contributed by atoms with Gasteiger partial charge in [-0.05, 0) is 11.8 Å². The van der Waals surface area contributed by atoms with E-state index in [2.05, 4.69) is 39.5 Å². The van der Waals surface area contributed by atoms with Gasteiger partial charge in [0.05, 0.1) is 0 Å². The molecule has 0 nitrogen and oxygen atoms in total. The number of hydrogen-bond donors (Lipinski definition) is 0. The van der Waals surface area contributed by atoms with Crippen LogP contribution in [0.1, 0.15) is 27.7 Å². The molecule has 1 aliphatic heterocycles. The van der Waals surface area contributed by atoms with E-state index in [1.165, 1.54) is 0 Å². The molecule has 0 amide bonds. The maximum atomic E-state index is 2.37. The minimum atomic E-state index is 0.884. The first-order valence-electron chi connectivity index (χ1n) is 3.78. The van der Waals surface area contributed by atoms with Crippen molar-refractivity contribution >= 4 is 11.8 Å². The summed E-state index contributed by atoms with van der Waals surface area (Å²) in [6.07, 6.45) is 0. The maximum Gasteiger partial charge on any atom is 0.00500 e. The van der Waals surface area contributed by atoms with E-state index >= 15 is 0 Å². The van der Waals surface area contributed by atoms with Crippen LogP contribution in [0, 0.1) is 11.8 Å². The quantitative estimate of drug-likeness (QED) is 0.504. The molecule has 0 spiro atoms. The van der Waals surface area contributed by atoms with Gasteiger partial charge in [0.25, 0.3) is 0 Å². The third-order valence-electron chi connectivity index (χ3n) is 2.74. The van der Waals surface area contributed by atoms with Gasteiger partial charge in [-0.25, -0.2) is 0 Å². The standard InChI is InChI=1S/C8H16S/c1-5-6(2)8(4)9-7(5)3/h5-8H,1-4H3. The lowest BCUT2D eigenvalue weighted by Crippen LogP contribution is -2.12. The predicted octanol–water partition coefficient (Wildman–Crippen LogP) is 2.78. The molecular formula is C8H16S. The SMILES string of the molecule is CC1SC(C)C(C)C1C. The second-order valence-corrected chi connectivity index (χ2v) is 5.02. The van der Waals surface area contributed by atoms with Crippen molar-refractivity contribution in [3.63, 3.8) is 0 Å². The summed E-state index contributed by atoms with van der Waals surface area (Å²) < 4.78 is 0. The molecule has 0 radical (unpaired) electrons. The van der Waals surface area contributed by atoms with Crippen LogP contribution < -0.4 is 0 Å². The molecule has 1 fully saturated rings. The molecule has 0 N–H and O–H groups in total. The topological polar surface area (TPSA) is 0 Å². The Bertz CT molecular complexity index is 88.7. The van der Waals surface area contributed by atoms with E-state index in [9.17, 15) is 0 Å². The highest BCUT2D eigenvalue weighted by Crippen LogP contribution is 2.41. The zero-order valence-corrected chi connectivity index (χ0v) is 7.53. The smallest absolute Gasteiger partial charge is 0.00500 e. The summed E-state index contributed by atoms with van der Waals surface area (Å²) in [4.78, 5) is 0. The lowest BCUT2D eigenvalue weighted by Gasteiger charge is -2.12. The van der Waals surface area contributed by atoms with Crippen molar-refractivity contribution in [3.05, 3.63) is 0 Å². The van der Waals surface area contributed by atoms with E-state index in [1.54, 1.807) is 0 Å². The highest BCUT2D eigenvalue weighted by Gasteiger charge is 2.32. The molecule has 1 aliphatic rings. The molecule has 0 aromatic rings. The normalized spacial score (nSPS) is 52.0. The van der Waals surface area contributed by atoms with Gasteiger partial charge in [-0.3, -0.25) is 0 Å². The summed E-state index contributed by atoms with van der Waals surface area (Å²) >= 11 is 2.14. The summed E-state index contributed by atoms with van der Waals surface area (Å²) in [7, 11) is 0. The molecule has 1 rings (SSSR count). The lowest BCUT2D eigenvalue weighted by atomic mass is 9.92. The van der Waals surface area contributed by atoms with Gasteiger partial charge in [0.15, 0.2) is 0 Å². The van der Waals surface area contributed by atoms with Crippen molar-refractivity contribution in [2.24, 2.45) is 11.8 Å². The highest BCUT2D eigenvalue weighted by atomic mass is 32.2. The van der Waals surface area contributed by atoms with Gasteiger partial charge in [-0.1, -0.05) is 27.7 Å². The summed E-state index contributed by atoms with van der Waals surface area (Å²) in [6.45, 7) is 9.42. The van der Waals surface area contributed by atoms with Crippen LogP contribution in [0.4, 0.5) is 0 Å². The minimum absolute atomic E-state index is 0.884. The van der Waals surface area contributed by atoms with Crippen molar-refractivity contribution in [1.82, 2.24) is 0 Å². The van der Waals surface area contributed by atoms with E-state index in [0.29, 0.717) is 0 Å². The van der Waals surface area contributed by atoms with Crippen molar-refractivity contribution in [2.45, 2.75) is 38.2 Å². The van der Waals surface area contributed by atoms with Gasteiger partial charge in [-0.15, -0.1) is 0 Å².